The van der Waals surface area contributed by atoms with Crippen LogP contribution in [0.3, 0.4) is 0 Å². The molecule has 0 bridgehead atoms. The summed E-state index contributed by atoms with van der Waals surface area (Å²) in [5.74, 6) is -0.536. The van der Waals surface area contributed by atoms with E-state index in [2.05, 4.69) is 10.6 Å². The number of aryl methyl sites for hydroxylation is 1. The minimum Gasteiger partial charge on any atom is -0.507 e. The van der Waals surface area contributed by atoms with Gasteiger partial charge >= 0.3 is 6.09 Å². The first-order valence-electron chi connectivity index (χ1n) is 7.63. The van der Waals surface area contributed by atoms with Crippen LogP contribution < -0.4 is 10.6 Å². The monoisotopic (exact) mass is 344 g/mol. The Morgan fingerprint density at radius 2 is 1.76 bits per heavy atom. The van der Waals surface area contributed by atoms with E-state index >= 15 is 0 Å². The molecule has 0 atom stereocenters. The molecule has 0 spiro atoms. The highest BCUT2D eigenvalue weighted by Gasteiger charge is 2.12. The first-order valence-corrected chi connectivity index (χ1v) is 7.63. The summed E-state index contributed by atoms with van der Waals surface area (Å²) in [7, 11) is 1.51. The van der Waals surface area contributed by atoms with E-state index in [1.54, 1.807) is 36.4 Å². The SMILES string of the molecule is COCCOC(=O)Nc1cccc(NC(=O)c2ccc(C)cc2O)c1. The number of methoxy groups -OCH3 is 1. The number of aromatic hydroxyl groups is 1. The molecule has 0 radical (unpaired) electrons. The van der Waals surface area contributed by atoms with E-state index in [0.29, 0.717) is 18.0 Å². The average molecular weight is 344 g/mol. The number of nitrogens with one attached hydrogen (secondary N) is 2. The summed E-state index contributed by atoms with van der Waals surface area (Å²) in [4.78, 5) is 23.9. The van der Waals surface area contributed by atoms with Gasteiger partial charge in [-0.15, -0.1) is 0 Å². The average Bonchev–Trinajstić information content (AvgIpc) is 2.55. The van der Waals surface area contributed by atoms with Crippen molar-refractivity contribution in [2.24, 2.45) is 0 Å². The van der Waals surface area contributed by atoms with Crippen LogP contribution in [0.1, 0.15) is 15.9 Å². The molecule has 2 amide bonds. The van der Waals surface area contributed by atoms with Gasteiger partial charge in [-0.1, -0.05) is 12.1 Å². The van der Waals surface area contributed by atoms with Crippen LogP contribution in [0, 0.1) is 6.92 Å². The molecular weight excluding hydrogens is 324 g/mol. The minimum absolute atomic E-state index is 0.0894. The van der Waals surface area contributed by atoms with Gasteiger partial charge in [0.2, 0.25) is 0 Å². The molecule has 0 aliphatic carbocycles. The van der Waals surface area contributed by atoms with Crippen molar-refractivity contribution in [2.75, 3.05) is 31.0 Å². The molecule has 2 rings (SSSR count). The molecule has 0 unspecified atom stereocenters. The number of anilines is 2. The van der Waals surface area contributed by atoms with Gasteiger partial charge in [-0.05, 0) is 42.8 Å². The Bertz CT molecular complexity index is 761. The summed E-state index contributed by atoms with van der Waals surface area (Å²) in [5, 5.41) is 15.1. The molecule has 7 heteroatoms. The third-order valence-corrected chi connectivity index (χ3v) is 3.29. The Balaban J connectivity index is 2.01. The number of hydrogen-bond acceptors (Lipinski definition) is 5. The number of carbonyl (C=O) groups excluding carboxylic acids is 2. The van der Waals surface area contributed by atoms with Crippen molar-refractivity contribution in [1.29, 1.82) is 0 Å². The van der Waals surface area contributed by atoms with E-state index in [0.717, 1.165) is 5.56 Å². The zero-order valence-electron chi connectivity index (χ0n) is 14.0. The van der Waals surface area contributed by atoms with Crippen molar-refractivity contribution >= 4 is 23.4 Å². The number of benzene rings is 2. The Hall–Kier alpha value is -3.06. The Morgan fingerprint density at radius 3 is 2.44 bits per heavy atom. The molecule has 7 nitrogen and oxygen atoms in total. The van der Waals surface area contributed by atoms with E-state index in [-0.39, 0.29) is 17.9 Å². The fourth-order valence-corrected chi connectivity index (χ4v) is 2.08. The molecule has 3 N–H and O–H groups in total. The smallest absolute Gasteiger partial charge is 0.411 e. The highest BCUT2D eigenvalue weighted by Crippen LogP contribution is 2.21. The van der Waals surface area contributed by atoms with E-state index in [4.69, 9.17) is 9.47 Å². The van der Waals surface area contributed by atoms with Gasteiger partial charge in [0.05, 0.1) is 12.2 Å². The summed E-state index contributed by atoms with van der Waals surface area (Å²) < 4.78 is 9.70. The van der Waals surface area contributed by atoms with Crippen LogP contribution in [0.4, 0.5) is 16.2 Å². The van der Waals surface area contributed by atoms with Gasteiger partial charge in [0.15, 0.2) is 0 Å². The lowest BCUT2D eigenvalue weighted by molar-refractivity contribution is 0.102. The maximum Gasteiger partial charge on any atom is 0.411 e. The molecule has 0 heterocycles. The van der Waals surface area contributed by atoms with E-state index < -0.39 is 12.0 Å². The van der Waals surface area contributed by atoms with Crippen molar-refractivity contribution in [2.45, 2.75) is 6.92 Å². The predicted octanol–water partition coefficient (Wildman–Crippen LogP) is 3.15. The van der Waals surface area contributed by atoms with E-state index in [9.17, 15) is 14.7 Å². The maximum atomic E-state index is 12.3. The summed E-state index contributed by atoms with van der Waals surface area (Å²) in [6.07, 6.45) is -0.614. The topological polar surface area (TPSA) is 96.9 Å². The van der Waals surface area contributed by atoms with Crippen LogP contribution >= 0.6 is 0 Å². The van der Waals surface area contributed by atoms with Crippen molar-refractivity contribution in [3.63, 3.8) is 0 Å². The number of hydrogen-bond donors (Lipinski definition) is 3. The number of amides is 2. The quantitative estimate of drug-likeness (QED) is 0.700. The van der Waals surface area contributed by atoms with Crippen LogP contribution in [-0.2, 0) is 9.47 Å². The molecule has 0 saturated heterocycles. The lowest BCUT2D eigenvalue weighted by Crippen LogP contribution is -2.17. The van der Waals surface area contributed by atoms with Crippen molar-refractivity contribution in [3.8, 4) is 5.75 Å². The second-order valence-electron chi connectivity index (χ2n) is 5.31. The fourth-order valence-electron chi connectivity index (χ4n) is 2.08. The van der Waals surface area contributed by atoms with Crippen LogP contribution in [0.5, 0.6) is 5.75 Å². The number of rotatable bonds is 6. The van der Waals surface area contributed by atoms with E-state index in [1.807, 2.05) is 6.92 Å². The second kappa shape index (κ2) is 8.70. The number of carbonyl (C=O) groups is 2. The highest BCUT2D eigenvalue weighted by atomic mass is 16.6. The molecular formula is C18H20N2O5. The molecule has 0 fully saturated rings. The summed E-state index contributed by atoms with van der Waals surface area (Å²) in [5.41, 5.74) is 1.96. The Labute approximate surface area is 145 Å². The van der Waals surface area contributed by atoms with Gasteiger partial charge in [0.1, 0.15) is 12.4 Å². The minimum atomic E-state index is -0.614. The molecule has 2 aromatic rings. The largest absolute Gasteiger partial charge is 0.507 e. The third kappa shape index (κ3) is 5.50. The zero-order valence-corrected chi connectivity index (χ0v) is 14.0. The van der Waals surface area contributed by atoms with Gasteiger partial charge in [-0.3, -0.25) is 10.1 Å². The molecule has 0 aliphatic rings. The van der Waals surface area contributed by atoms with Gasteiger partial charge in [0, 0.05) is 18.5 Å². The van der Waals surface area contributed by atoms with Gasteiger partial charge in [-0.2, -0.15) is 0 Å². The summed E-state index contributed by atoms with van der Waals surface area (Å²) in [6, 6.07) is 11.4. The fraction of sp³-hybridized carbons (Fsp3) is 0.222. The molecule has 0 aliphatic heterocycles. The lowest BCUT2D eigenvalue weighted by Gasteiger charge is -2.10. The van der Waals surface area contributed by atoms with Gasteiger partial charge in [0.25, 0.3) is 5.91 Å². The first-order chi connectivity index (χ1) is 12.0. The van der Waals surface area contributed by atoms with Gasteiger partial charge < -0.3 is 19.9 Å². The summed E-state index contributed by atoms with van der Waals surface area (Å²) in [6.45, 7) is 2.28. The standard InChI is InChI=1S/C18H20N2O5/c1-12-6-7-15(16(21)10-12)17(22)19-13-4-3-5-14(11-13)20-18(23)25-9-8-24-2/h3-7,10-11,21H,8-9H2,1-2H3,(H,19,22)(H,20,23). The first kappa shape index (κ1) is 18.3. The van der Waals surface area contributed by atoms with Crippen molar-refractivity contribution in [3.05, 3.63) is 53.6 Å². The van der Waals surface area contributed by atoms with Crippen molar-refractivity contribution in [1.82, 2.24) is 0 Å². The zero-order chi connectivity index (χ0) is 18.2. The lowest BCUT2D eigenvalue weighted by atomic mass is 10.1. The van der Waals surface area contributed by atoms with Crippen LogP contribution in [-0.4, -0.2) is 37.4 Å². The number of phenols is 1. The van der Waals surface area contributed by atoms with E-state index in [1.165, 1.54) is 13.2 Å². The highest BCUT2D eigenvalue weighted by molar-refractivity contribution is 6.06. The second-order valence-corrected chi connectivity index (χ2v) is 5.31. The van der Waals surface area contributed by atoms with Gasteiger partial charge in [-0.25, -0.2) is 4.79 Å². The summed E-state index contributed by atoms with van der Waals surface area (Å²) >= 11 is 0. The molecule has 132 valence electrons. The molecule has 0 saturated carbocycles. The number of ether oxygens (including phenoxy) is 2. The third-order valence-electron chi connectivity index (χ3n) is 3.29. The van der Waals surface area contributed by atoms with Crippen molar-refractivity contribution < 1.29 is 24.2 Å². The molecule has 0 aromatic heterocycles. The van der Waals surface area contributed by atoms with Crippen LogP contribution in [0.25, 0.3) is 0 Å². The molecule has 2 aromatic carbocycles. The number of phenolic OH excluding ortho intramolecular Hbond substituents is 1. The maximum absolute atomic E-state index is 12.3. The van der Waals surface area contributed by atoms with Crippen LogP contribution in [0.2, 0.25) is 0 Å². The Kier molecular flexibility index (Phi) is 6.36. The normalized spacial score (nSPS) is 10.2. The van der Waals surface area contributed by atoms with Crippen LogP contribution in [0.15, 0.2) is 42.5 Å². The predicted molar refractivity (Wildman–Crippen MR) is 94.1 cm³/mol. The Morgan fingerprint density at radius 1 is 1.04 bits per heavy atom. The molecule has 25 heavy (non-hydrogen) atoms.